The molecule has 0 atom stereocenters. The second-order valence-corrected chi connectivity index (χ2v) is 6.08. The van der Waals surface area contributed by atoms with Gasteiger partial charge in [-0.1, -0.05) is 0 Å². The molecule has 2 heterocycles. The van der Waals surface area contributed by atoms with E-state index in [-0.39, 0.29) is 11.2 Å². The fourth-order valence-electron chi connectivity index (χ4n) is 3.23. The Morgan fingerprint density at radius 3 is 2.40 bits per heavy atom. The molecule has 25 heavy (non-hydrogen) atoms. The van der Waals surface area contributed by atoms with Crippen molar-refractivity contribution in [2.45, 2.75) is 0 Å². The fraction of sp³-hybridized carbons (Fsp3) is 0.211. The van der Waals surface area contributed by atoms with Gasteiger partial charge in [-0.2, -0.15) is 0 Å². The number of anilines is 1. The molecule has 3 aromatic rings. The second kappa shape index (κ2) is 6.29. The lowest BCUT2D eigenvalue weighted by atomic mass is 10.1. The van der Waals surface area contributed by atoms with Gasteiger partial charge >= 0.3 is 0 Å². The first-order valence-electron chi connectivity index (χ1n) is 8.20. The van der Waals surface area contributed by atoms with Gasteiger partial charge in [0.05, 0.1) is 11.2 Å². The minimum atomic E-state index is -0.400. The molecule has 0 amide bonds. The molecule has 4 nitrogen and oxygen atoms in total. The average Bonchev–Trinajstić information content (AvgIpc) is 2.64. The number of hydrogen-bond acceptors (Lipinski definition) is 3. The first-order chi connectivity index (χ1) is 12.1. The lowest BCUT2D eigenvalue weighted by molar-refractivity contribution is 0.567. The van der Waals surface area contributed by atoms with Crippen LogP contribution in [0.1, 0.15) is 0 Å². The van der Waals surface area contributed by atoms with E-state index in [4.69, 9.17) is 0 Å². The lowest BCUT2D eigenvalue weighted by Gasteiger charge is -2.30. The molecule has 0 radical (unpaired) electrons. The van der Waals surface area contributed by atoms with Crippen LogP contribution in [0.15, 0.2) is 53.5 Å². The Bertz CT molecular complexity index is 976. The molecule has 0 bridgehead atoms. The van der Waals surface area contributed by atoms with Gasteiger partial charge in [0.1, 0.15) is 11.6 Å². The van der Waals surface area contributed by atoms with Crippen molar-refractivity contribution in [2.24, 2.45) is 0 Å². The van der Waals surface area contributed by atoms with Crippen molar-refractivity contribution in [1.29, 1.82) is 0 Å². The summed E-state index contributed by atoms with van der Waals surface area (Å²) in [5.74, 6) is -0.731. The Labute approximate surface area is 143 Å². The number of halogens is 2. The number of rotatable bonds is 2. The number of hydrogen-bond donors (Lipinski definition) is 1. The van der Waals surface area contributed by atoms with Crippen LogP contribution in [0.5, 0.6) is 0 Å². The summed E-state index contributed by atoms with van der Waals surface area (Å²) in [7, 11) is 0. The fourth-order valence-corrected chi connectivity index (χ4v) is 3.23. The normalized spacial score (nSPS) is 14.9. The Balaban J connectivity index is 1.93. The molecule has 1 saturated heterocycles. The second-order valence-electron chi connectivity index (χ2n) is 6.08. The zero-order valence-corrected chi connectivity index (χ0v) is 13.5. The van der Waals surface area contributed by atoms with Crippen molar-refractivity contribution in [3.05, 3.63) is 70.5 Å². The monoisotopic (exact) mass is 341 g/mol. The van der Waals surface area contributed by atoms with Crippen LogP contribution in [0, 0.1) is 11.6 Å². The molecular weight excluding hydrogens is 324 g/mol. The number of nitrogens with one attached hydrogen (secondary N) is 1. The maximum absolute atomic E-state index is 14.6. The number of fused-ring (bicyclic) bond motifs is 1. The predicted octanol–water partition coefficient (Wildman–Crippen LogP) is 2.68. The zero-order chi connectivity index (χ0) is 17.4. The molecule has 4 rings (SSSR count). The van der Waals surface area contributed by atoms with Gasteiger partial charge in [0, 0.05) is 49.5 Å². The number of piperazine rings is 1. The molecule has 1 N–H and O–H groups in total. The van der Waals surface area contributed by atoms with Crippen LogP contribution in [0.25, 0.3) is 16.6 Å². The van der Waals surface area contributed by atoms with Crippen LogP contribution in [-0.4, -0.2) is 30.7 Å². The number of nitrogens with zero attached hydrogens (tertiary/aromatic N) is 2. The minimum absolute atomic E-state index is 0.237. The van der Waals surface area contributed by atoms with E-state index in [0.29, 0.717) is 35.4 Å². The van der Waals surface area contributed by atoms with Gasteiger partial charge in [-0.25, -0.2) is 8.78 Å². The molecule has 6 heteroatoms. The summed E-state index contributed by atoms with van der Waals surface area (Å²) in [6.07, 6.45) is 1.64. The third-order valence-corrected chi connectivity index (χ3v) is 4.53. The highest BCUT2D eigenvalue weighted by atomic mass is 19.1. The summed E-state index contributed by atoms with van der Waals surface area (Å²) < 4.78 is 29.6. The van der Waals surface area contributed by atoms with Crippen molar-refractivity contribution in [3.63, 3.8) is 0 Å². The molecular formula is C19H17F2N3O. The summed E-state index contributed by atoms with van der Waals surface area (Å²) >= 11 is 0. The topological polar surface area (TPSA) is 37.3 Å². The number of benzene rings is 2. The standard InChI is InChI=1S/C19H17F2N3O/c20-13-1-3-14(4-2-13)24-8-5-19(25)15-11-16(21)18(12-17(15)24)23-9-6-22-7-10-23/h1-5,8,11-12,22H,6-7,9-10H2. The highest BCUT2D eigenvalue weighted by molar-refractivity contribution is 5.84. The van der Waals surface area contributed by atoms with E-state index in [0.717, 1.165) is 13.1 Å². The maximum Gasteiger partial charge on any atom is 0.189 e. The van der Waals surface area contributed by atoms with Crippen molar-refractivity contribution < 1.29 is 8.78 Å². The van der Waals surface area contributed by atoms with Crippen molar-refractivity contribution in [1.82, 2.24) is 9.88 Å². The summed E-state index contributed by atoms with van der Waals surface area (Å²) in [6.45, 7) is 2.99. The van der Waals surface area contributed by atoms with Crippen molar-refractivity contribution in [2.75, 3.05) is 31.1 Å². The van der Waals surface area contributed by atoms with Crippen molar-refractivity contribution >= 4 is 16.6 Å². The van der Waals surface area contributed by atoms with Gasteiger partial charge in [-0.3, -0.25) is 4.79 Å². The van der Waals surface area contributed by atoms with Gasteiger partial charge in [0.25, 0.3) is 0 Å². The molecule has 0 saturated carbocycles. The van der Waals surface area contributed by atoms with Crippen LogP contribution < -0.4 is 15.6 Å². The summed E-state index contributed by atoms with van der Waals surface area (Å²) in [6, 6.07) is 10.4. The van der Waals surface area contributed by atoms with E-state index in [1.54, 1.807) is 29.0 Å². The van der Waals surface area contributed by atoms with Crippen LogP contribution in [0.3, 0.4) is 0 Å². The number of aromatic nitrogens is 1. The van der Waals surface area contributed by atoms with Crippen LogP contribution in [-0.2, 0) is 0 Å². The van der Waals surface area contributed by atoms with E-state index in [1.165, 1.54) is 24.3 Å². The Kier molecular flexibility index (Phi) is 3.97. The molecule has 1 fully saturated rings. The van der Waals surface area contributed by atoms with Gasteiger partial charge in [-0.05, 0) is 36.4 Å². The molecule has 0 unspecified atom stereocenters. The third-order valence-electron chi connectivity index (χ3n) is 4.53. The third kappa shape index (κ3) is 2.89. The predicted molar refractivity (Wildman–Crippen MR) is 94.5 cm³/mol. The zero-order valence-electron chi connectivity index (χ0n) is 13.5. The van der Waals surface area contributed by atoms with E-state index in [1.807, 2.05) is 4.90 Å². The maximum atomic E-state index is 14.6. The minimum Gasteiger partial charge on any atom is -0.367 e. The Hall–Kier alpha value is -2.73. The SMILES string of the molecule is O=c1ccn(-c2ccc(F)cc2)c2cc(N3CCNCC3)c(F)cc12. The van der Waals surface area contributed by atoms with Gasteiger partial charge in [0.15, 0.2) is 5.43 Å². The largest absolute Gasteiger partial charge is 0.367 e. The molecule has 1 aromatic heterocycles. The van der Waals surface area contributed by atoms with E-state index >= 15 is 0 Å². The van der Waals surface area contributed by atoms with Crippen LogP contribution in [0.4, 0.5) is 14.5 Å². The highest BCUT2D eigenvalue weighted by Gasteiger charge is 2.17. The van der Waals surface area contributed by atoms with Gasteiger partial charge in [-0.15, -0.1) is 0 Å². The summed E-state index contributed by atoms with van der Waals surface area (Å²) in [5.41, 5.74) is 1.56. The number of pyridine rings is 1. The van der Waals surface area contributed by atoms with Crippen molar-refractivity contribution in [3.8, 4) is 5.69 Å². The van der Waals surface area contributed by atoms with Gasteiger partial charge in [0.2, 0.25) is 0 Å². The molecule has 1 aliphatic rings. The Morgan fingerprint density at radius 2 is 1.68 bits per heavy atom. The Morgan fingerprint density at radius 1 is 0.960 bits per heavy atom. The smallest absolute Gasteiger partial charge is 0.189 e. The molecule has 0 aliphatic carbocycles. The summed E-state index contributed by atoms with van der Waals surface area (Å²) in [4.78, 5) is 14.2. The molecule has 128 valence electrons. The highest BCUT2D eigenvalue weighted by Crippen LogP contribution is 2.26. The average molecular weight is 341 g/mol. The molecule has 0 spiro atoms. The van der Waals surface area contributed by atoms with E-state index in [2.05, 4.69) is 5.32 Å². The first kappa shape index (κ1) is 15.8. The first-order valence-corrected chi connectivity index (χ1v) is 8.20. The van der Waals surface area contributed by atoms with Gasteiger partial charge < -0.3 is 14.8 Å². The van der Waals surface area contributed by atoms with Crippen LogP contribution in [0.2, 0.25) is 0 Å². The van der Waals surface area contributed by atoms with E-state index in [9.17, 15) is 13.6 Å². The van der Waals surface area contributed by atoms with Crippen LogP contribution >= 0.6 is 0 Å². The lowest BCUT2D eigenvalue weighted by Crippen LogP contribution is -2.43. The molecule has 1 aliphatic heterocycles. The molecule has 2 aromatic carbocycles. The van der Waals surface area contributed by atoms with E-state index < -0.39 is 5.82 Å². The quantitative estimate of drug-likeness (QED) is 0.779. The summed E-state index contributed by atoms with van der Waals surface area (Å²) in [5, 5.41) is 3.55.